The number of nitrogens with one attached hydrogen (secondary N) is 1. The summed E-state index contributed by atoms with van der Waals surface area (Å²) in [6, 6.07) is 3.59. The molecule has 1 aliphatic heterocycles. The second-order valence-corrected chi connectivity index (χ2v) is 6.26. The number of thioether (sulfide) groups is 1. The molecule has 1 heterocycles. The van der Waals surface area contributed by atoms with E-state index in [0.29, 0.717) is 16.5 Å². The van der Waals surface area contributed by atoms with Crippen LogP contribution in [0.2, 0.25) is 5.02 Å². The Kier molecular flexibility index (Phi) is 4.99. The number of halogens is 1. The highest BCUT2D eigenvalue weighted by Crippen LogP contribution is 2.32. The van der Waals surface area contributed by atoms with Crippen LogP contribution in [-0.4, -0.2) is 24.5 Å². The first-order valence-corrected chi connectivity index (χ1v) is 7.88. The normalized spacial score (nSPS) is 19.0. The molecular formula is C14H18ClNO2S. The van der Waals surface area contributed by atoms with Crippen molar-refractivity contribution >= 4 is 35.0 Å². The van der Waals surface area contributed by atoms with E-state index in [1.165, 1.54) is 0 Å². The Hall–Kier alpha value is -0.870. The number of rotatable bonds is 3. The fourth-order valence-electron chi connectivity index (χ4n) is 2.11. The molecule has 19 heavy (non-hydrogen) atoms. The van der Waals surface area contributed by atoms with Crippen molar-refractivity contribution in [3.8, 4) is 5.75 Å². The number of methoxy groups -OCH3 is 1. The molecule has 1 aliphatic rings. The van der Waals surface area contributed by atoms with Crippen molar-refractivity contribution in [2.75, 3.05) is 23.9 Å². The number of ether oxygens (including phenoxy) is 1. The number of benzene rings is 1. The van der Waals surface area contributed by atoms with Crippen LogP contribution in [0.1, 0.15) is 18.4 Å². The molecule has 1 aromatic rings. The molecule has 1 aromatic carbocycles. The number of amides is 1. The molecule has 5 heteroatoms. The molecule has 2 rings (SSSR count). The summed E-state index contributed by atoms with van der Waals surface area (Å²) in [6.45, 7) is 1.91. The van der Waals surface area contributed by atoms with Crippen LogP contribution in [0, 0.1) is 12.8 Å². The lowest BCUT2D eigenvalue weighted by Gasteiger charge is -2.21. The third-order valence-electron chi connectivity index (χ3n) is 3.27. The van der Waals surface area contributed by atoms with E-state index in [1.54, 1.807) is 13.2 Å². The molecule has 1 amide bonds. The number of aryl methyl sites for hydroxylation is 1. The molecule has 1 atom stereocenters. The summed E-state index contributed by atoms with van der Waals surface area (Å²) in [5.41, 5.74) is 1.63. The van der Waals surface area contributed by atoms with Gasteiger partial charge in [-0.15, -0.1) is 0 Å². The number of anilines is 1. The second-order valence-electron chi connectivity index (χ2n) is 4.70. The van der Waals surface area contributed by atoms with Crippen molar-refractivity contribution in [1.82, 2.24) is 0 Å². The smallest absolute Gasteiger partial charge is 0.228 e. The molecule has 104 valence electrons. The van der Waals surface area contributed by atoms with Gasteiger partial charge >= 0.3 is 0 Å². The molecule has 0 aromatic heterocycles. The van der Waals surface area contributed by atoms with E-state index in [1.807, 2.05) is 24.8 Å². The number of hydrogen-bond donors (Lipinski definition) is 1. The van der Waals surface area contributed by atoms with E-state index >= 15 is 0 Å². The molecular weight excluding hydrogens is 282 g/mol. The van der Waals surface area contributed by atoms with Gasteiger partial charge in [0.05, 0.1) is 12.8 Å². The van der Waals surface area contributed by atoms with Crippen LogP contribution in [-0.2, 0) is 4.79 Å². The number of carbonyl (C=O) groups excluding carboxylic acids is 1. The van der Waals surface area contributed by atoms with Crippen molar-refractivity contribution in [3.63, 3.8) is 0 Å². The van der Waals surface area contributed by atoms with Crippen molar-refractivity contribution < 1.29 is 9.53 Å². The molecule has 1 saturated heterocycles. The van der Waals surface area contributed by atoms with Gasteiger partial charge in [0.15, 0.2) is 0 Å². The summed E-state index contributed by atoms with van der Waals surface area (Å²) in [7, 11) is 1.58. The molecule has 1 unspecified atom stereocenters. The molecule has 1 fully saturated rings. The van der Waals surface area contributed by atoms with Crippen molar-refractivity contribution in [1.29, 1.82) is 0 Å². The topological polar surface area (TPSA) is 38.3 Å². The Balaban J connectivity index is 2.13. The highest BCUT2D eigenvalue weighted by Gasteiger charge is 2.22. The first-order valence-electron chi connectivity index (χ1n) is 6.34. The highest BCUT2D eigenvalue weighted by molar-refractivity contribution is 7.99. The summed E-state index contributed by atoms with van der Waals surface area (Å²) < 4.78 is 5.27. The van der Waals surface area contributed by atoms with Crippen LogP contribution in [0.3, 0.4) is 0 Å². The van der Waals surface area contributed by atoms with Gasteiger partial charge in [-0.3, -0.25) is 4.79 Å². The molecule has 0 aliphatic carbocycles. The van der Waals surface area contributed by atoms with Gasteiger partial charge in [-0.2, -0.15) is 11.8 Å². The molecule has 0 bridgehead atoms. The monoisotopic (exact) mass is 299 g/mol. The van der Waals surface area contributed by atoms with Gasteiger partial charge in [0, 0.05) is 22.8 Å². The predicted octanol–water partition coefficient (Wildman–Crippen LogP) is 3.74. The fraction of sp³-hybridized carbons (Fsp3) is 0.500. The minimum absolute atomic E-state index is 0.0761. The fourth-order valence-corrected chi connectivity index (χ4v) is 3.41. The Morgan fingerprint density at radius 2 is 2.32 bits per heavy atom. The Morgan fingerprint density at radius 1 is 1.53 bits per heavy atom. The van der Waals surface area contributed by atoms with Crippen LogP contribution in [0.5, 0.6) is 5.75 Å². The van der Waals surface area contributed by atoms with Crippen LogP contribution in [0.25, 0.3) is 0 Å². The molecule has 1 N–H and O–H groups in total. The summed E-state index contributed by atoms with van der Waals surface area (Å²) in [4.78, 5) is 12.2. The summed E-state index contributed by atoms with van der Waals surface area (Å²) in [5, 5.41) is 3.61. The van der Waals surface area contributed by atoms with Crippen molar-refractivity contribution in [2.24, 2.45) is 5.92 Å². The summed E-state index contributed by atoms with van der Waals surface area (Å²) >= 11 is 7.90. The average molecular weight is 300 g/mol. The zero-order chi connectivity index (χ0) is 13.8. The van der Waals surface area contributed by atoms with E-state index in [-0.39, 0.29) is 11.8 Å². The van der Waals surface area contributed by atoms with Gasteiger partial charge in [-0.25, -0.2) is 0 Å². The zero-order valence-corrected chi connectivity index (χ0v) is 12.7. The van der Waals surface area contributed by atoms with Crippen LogP contribution >= 0.6 is 23.4 Å². The van der Waals surface area contributed by atoms with Crippen molar-refractivity contribution in [2.45, 2.75) is 19.8 Å². The van der Waals surface area contributed by atoms with Crippen LogP contribution in [0.4, 0.5) is 5.69 Å². The van der Waals surface area contributed by atoms with Gasteiger partial charge in [-0.05, 0) is 37.1 Å². The minimum atomic E-state index is 0.0761. The Labute approximate surface area is 123 Å². The van der Waals surface area contributed by atoms with Gasteiger partial charge in [-0.1, -0.05) is 11.6 Å². The predicted molar refractivity (Wildman–Crippen MR) is 81.4 cm³/mol. The quantitative estimate of drug-likeness (QED) is 0.924. The highest BCUT2D eigenvalue weighted by atomic mass is 35.5. The van der Waals surface area contributed by atoms with Gasteiger partial charge in [0.25, 0.3) is 0 Å². The van der Waals surface area contributed by atoms with Crippen LogP contribution in [0.15, 0.2) is 12.1 Å². The van der Waals surface area contributed by atoms with Crippen LogP contribution < -0.4 is 10.1 Å². The largest absolute Gasteiger partial charge is 0.495 e. The standard InChI is InChI=1S/C14H18ClNO2S/c1-9-6-12(13(18-2)7-11(9)15)16-14(17)10-4-3-5-19-8-10/h6-7,10H,3-5,8H2,1-2H3,(H,16,17). The molecule has 0 saturated carbocycles. The average Bonchev–Trinajstić information content (AvgIpc) is 2.43. The lowest BCUT2D eigenvalue weighted by atomic mass is 10.0. The van der Waals surface area contributed by atoms with E-state index in [2.05, 4.69) is 5.32 Å². The Bertz CT molecular complexity index is 473. The molecule has 0 spiro atoms. The first kappa shape index (κ1) is 14.5. The van der Waals surface area contributed by atoms with E-state index < -0.39 is 0 Å². The Morgan fingerprint density at radius 3 is 2.95 bits per heavy atom. The maximum Gasteiger partial charge on any atom is 0.228 e. The lowest BCUT2D eigenvalue weighted by Crippen LogP contribution is -2.27. The number of hydrogen-bond acceptors (Lipinski definition) is 3. The van der Waals surface area contributed by atoms with E-state index in [0.717, 1.165) is 29.9 Å². The maximum atomic E-state index is 12.2. The third-order valence-corrected chi connectivity index (χ3v) is 4.89. The van der Waals surface area contributed by atoms with Crippen molar-refractivity contribution in [3.05, 3.63) is 22.7 Å². The first-order chi connectivity index (χ1) is 9.11. The van der Waals surface area contributed by atoms with Gasteiger partial charge < -0.3 is 10.1 Å². The SMILES string of the molecule is COc1cc(Cl)c(C)cc1NC(=O)C1CCCSC1. The minimum Gasteiger partial charge on any atom is -0.495 e. The van der Waals surface area contributed by atoms with E-state index in [9.17, 15) is 4.79 Å². The molecule has 0 radical (unpaired) electrons. The second kappa shape index (κ2) is 6.53. The number of carbonyl (C=O) groups is 1. The van der Waals surface area contributed by atoms with E-state index in [4.69, 9.17) is 16.3 Å². The maximum absolute atomic E-state index is 12.2. The van der Waals surface area contributed by atoms with Gasteiger partial charge in [0.1, 0.15) is 5.75 Å². The summed E-state index contributed by atoms with van der Waals surface area (Å²) in [6.07, 6.45) is 2.08. The zero-order valence-electron chi connectivity index (χ0n) is 11.2. The lowest BCUT2D eigenvalue weighted by molar-refractivity contribution is -0.119. The molecule has 3 nitrogen and oxygen atoms in total. The van der Waals surface area contributed by atoms with Gasteiger partial charge in [0.2, 0.25) is 5.91 Å². The third kappa shape index (κ3) is 3.57. The summed E-state index contributed by atoms with van der Waals surface area (Å²) in [5.74, 6) is 2.84.